The van der Waals surface area contributed by atoms with E-state index in [0.717, 1.165) is 0 Å². The van der Waals surface area contributed by atoms with Gasteiger partial charge in [-0.3, -0.25) is 5.43 Å². The van der Waals surface area contributed by atoms with Crippen molar-refractivity contribution in [2.45, 2.75) is 0 Å². The van der Waals surface area contributed by atoms with Crippen LogP contribution in [0.3, 0.4) is 0 Å². The first-order valence-electron chi connectivity index (χ1n) is 3.96. The van der Waals surface area contributed by atoms with Crippen molar-refractivity contribution in [1.82, 2.24) is 10.9 Å². The van der Waals surface area contributed by atoms with Gasteiger partial charge >= 0.3 is 6.03 Å². The van der Waals surface area contributed by atoms with Crippen LogP contribution in [0.15, 0.2) is 24.3 Å². The van der Waals surface area contributed by atoms with Crippen molar-refractivity contribution in [3.8, 4) is 0 Å². The molecule has 0 spiro atoms. The maximum Gasteiger partial charge on any atom is 0.330 e. The maximum atomic E-state index is 12.5. The lowest BCUT2D eigenvalue weighted by Crippen LogP contribution is -2.46. The van der Waals surface area contributed by atoms with Crippen molar-refractivity contribution in [3.05, 3.63) is 30.1 Å². The predicted molar refractivity (Wildman–Crippen MR) is 58.5 cm³/mol. The third-order valence-electron chi connectivity index (χ3n) is 1.40. The number of hydrazine groups is 1. The highest BCUT2D eigenvalue weighted by Gasteiger charge is 1.98. The fraction of sp³-hybridized carbons (Fsp3) is 0. The molecule has 5 nitrogen and oxygen atoms in total. The number of carbonyl (C=O) groups is 1. The molecule has 0 aliphatic heterocycles. The quantitative estimate of drug-likeness (QED) is 0.421. The summed E-state index contributed by atoms with van der Waals surface area (Å²) >= 11 is 4.80. The maximum absolute atomic E-state index is 12.5. The van der Waals surface area contributed by atoms with Gasteiger partial charge in [-0.1, -0.05) is 0 Å². The van der Waals surface area contributed by atoms with Crippen molar-refractivity contribution in [2.75, 3.05) is 5.32 Å². The van der Waals surface area contributed by atoms with Gasteiger partial charge in [0, 0.05) is 5.69 Å². The molecule has 80 valence electrons. The third kappa shape index (κ3) is 4.23. The van der Waals surface area contributed by atoms with Crippen molar-refractivity contribution >= 4 is 29.0 Å². The van der Waals surface area contributed by atoms with Gasteiger partial charge in [0.15, 0.2) is 5.11 Å². The van der Waals surface area contributed by atoms with Crippen LogP contribution in [-0.2, 0) is 0 Å². The number of hydrogen-bond acceptors (Lipinski definition) is 2. The van der Waals surface area contributed by atoms with E-state index >= 15 is 0 Å². The van der Waals surface area contributed by atoms with E-state index in [9.17, 15) is 9.18 Å². The number of nitrogens with two attached hydrogens (primary N) is 1. The summed E-state index contributed by atoms with van der Waals surface area (Å²) in [6.45, 7) is 0. The lowest BCUT2D eigenvalue weighted by atomic mass is 10.3. The second-order valence-corrected chi connectivity index (χ2v) is 2.98. The second-order valence-electron chi connectivity index (χ2n) is 2.58. The highest BCUT2D eigenvalue weighted by Crippen LogP contribution is 2.07. The van der Waals surface area contributed by atoms with Gasteiger partial charge in [0.1, 0.15) is 5.82 Å². The average Bonchev–Trinajstić information content (AvgIpc) is 2.19. The van der Waals surface area contributed by atoms with Gasteiger partial charge in [0.05, 0.1) is 0 Å². The Morgan fingerprint density at radius 2 is 1.87 bits per heavy atom. The van der Waals surface area contributed by atoms with Crippen molar-refractivity contribution in [2.24, 2.45) is 5.73 Å². The number of benzene rings is 1. The van der Waals surface area contributed by atoms with Crippen LogP contribution in [0.1, 0.15) is 0 Å². The fourth-order valence-electron chi connectivity index (χ4n) is 0.814. The standard InChI is InChI=1S/C8H9FN4OS/c9-5-1-3-6(4-2-5)11-8(15)13-12-7(10)14/h1-4H,(H3,10,12,14)(H2,11,13,15). The summed E-state index contributed by atoms with van der Waals surface area (Å²) in [7, 11) is 0. The van der Waals surface area contributed by atoms with E-state index in [1.807, 2.05) is 0 Å². The smallest absolute Gasteiger partial charge is 0.330 e. The van der Waals surface area contributed by atoms with E-state index in [0.29, 0.717) is 5.69 Å². The zero-order valence-corrected chi connectivity index (χ0v) is 8.40. The number of hydrogen-bond donors (Lipinski definition) is 4. The van der Waals surface area contributed by atoms with Crippen molar-refractivity contribution < 1.29 is 9.18 Å². The van der Waals surface area contributed by atoms with E-state index in [1.165, 1.54) is 24.3 Å². The van der Waals surface area contributed by atoms with Gasteiger partial charge in [-0.25, -0.2) is 14.6 Å². The minimum Gasteiger partial charge on any atom is -0.350 e. The van der Waals surface area contributed by atoms with Crippen LogP contribution in [0, 0.1) is 5.82 Å². The molecule has 5 N–H and O–H groups in total. The minimum absolute atomic E-state index is 0.153. The van der Waals surface area contributed by atoms with Gasteiger partial charge in [-0.2, -0.15) is 0 Å². The Kier molecular flexibility index (Phi) is 3.81. The Balaban J connectivity index is 2.44. The Morgan fingerprint density at radius 1 is 1.27 bits per heavy atom. The summed E-state index contributed by atoms with van der Waals surface area (Å²) in [5.41, 5.74) is 9.84. The second kappa shape index (κ2) is 5.11. The number of carbonyl (C=O) groups excluding carboxylic acids is 1. The molecular formula is C8H9FN4OS. The van der Waals surface area contributed by atoms with Crippen LogP contribution in [0.4, 0.5) is 14.9 Å². The zero-order chi connectivity index (χ0) is 11.3. The number of rotatable bonds is 1. The molecular weight excluding hydrogens is 219 g/mol. The molecule has 0 aromatic heterocycles. The van der Waals surface area contributed by atoms with Crippen molar-refractivity contribution in [1.29, 1.82) is 0 Å². The minimum atomic E-state index is -0.752. The molecule has 1 rings (SSSR count). The van der Waals surface area contributed by atoms with Gasteiger partial charge in [0.25, 0.3) is 0 Å². The number of thiocarbonyl (C=S) groups is 1. The molecule has 0 saturated heterocycles. The Hall–Kier alpha value is -1.89. The molecule has 15 heavy (non-hydrogen) atoms. The molecule has 0 unspecified atom stereocenters. The summed E-state index contributed by atoms with van der Waals surface area (Å²) < 4.78 is 12.5. The molecule has 2 amide bonds. The molecule has 0 saturated carbocycles. The van der Waals surface area contributed by atoms with E-state index in [2.05, 4.69) is 16.2 Å². The topological polar surface area (TPSA) is 79.2 Å². The van der Waals surface area contributed by atoms with Crippen LogP contribution >= 0.6 is 12.2 Å². The van der Waals surface area contributed by atoms with Gasteiger partial charge in [0.2, 0.25) is 0 Å². The highest BCUT2D eigenvalue weighted by atomic mass is 32.1. The number of primary amides is 1. The summed E-state index contributed by atoms with van der Waals surface area (Å²) in [5, 5.41) is 2.86. The molecule has 1 aromatic rings. The molecule has 0 bridgehead atoms. The Bertz CT molecular complexity index is 367. The fourth-order valence-corrected chi connectivity index (χ4v) is 0.983. The monoisotopic (exact) mass is 228 g/mol. The van der Waals surface area contributed by atoms with Gasteiger partial charge in [-0.05, 0) is 36.5 Å². The third-order valence-corrected chi connectivity index (χ3v) is 1.61. The summed E-state index contributed by atoms with van der Waals surface area (Å²) in [5.74, 6) is -0.338. The van der Waals surface area contributed by atoms with E-state index in [4.69, 9.17) is 18.0 Å². The molecule has 0 aliphatic rings. The summed E-state index contributed by atoms with van der Waals surface area (Å²) in [6.07, 6.45) is 0. The van der Waals surface area contributed by atoms with Crippen LogP contribution in [-0.4, -0.2) is 11.1 Å². The van der Waals surface area contributed by atoms with E-state index in [-0.39, 0.29) is 10.9 Å². The molecule has 1 aromatic carbocycles. The predicted octanol–water partition coefficient (Wildman–Crippen LogP) is 0.695. The average molecular weight is 228 g/mol. The highest BCUT2D eigenvalue weighted by molar-refractivity contribution is 7.80. The zero-order valence-electron chi connectivity index (χ0n) is 7.58. The lowest BCUT2D eigenvalue weighted by Gasteiger charge is -2.09. The molecule has 7 heteroatoms. The lowest BCUT2D eigenvalue weighted by molar-refractivity contribution is 0.247. The summed E-state index contributed by atoms with van der Waals surface area (Å²) in [4.78, 5) is 10.3. The van der Waals surface area contributed by atoms with Crippen LogP contribution in [0.2, 0.25) is 0 Å². The first-order chi connectivity index (χ1) is 7.08. The molecule has 0 atom stereocenters. The number of urea groups is 1. The van der Waals surface area contributed by atoms with Gasteiger partial charge < -0.3 is 11.1 Å². The molecule has 0 heterocycles. The first-order valence-corrected chi connectivity index (χ1v) is 4.37. The van der Waals surface area contributed by atoms with Crippen LogP contribution in [0.5, 0.6) is 0 Å². The van der Waals surface area contributed by atoms with E-state index < -0.39 is 6.03 Å². The largest absolute Gasteiger partial charge is 0.350 e. The van der Waals surface area contributed by atoms with Gasteiger partial charge in [-0.15, -0.1) is 0 Å². The number of amides is 2. The SMILES string of the molecule is NC(=O)NNC(=S)Nc1ccc(F)cc1. The molecule has 0 fully saturated rings. The molecule has 0 radical (unpaired) electrons. The Labute approximate surface area is 90.8 Å². The number of halogens is 1. The normalized spacial score (nSPS) is 9.13. The first kappa shape index (κ1) is 11.2. The summed E-state index contributed by atoms with van der Waals surface area (Å²) in [6, 6.07) is 4.83. The Morgan fingerprint density at radius 3 is 2.40 bits per heavy atom. The van der Waals surface area contributed by atoms with Crippen LogP contribution in [0.25, 0.3) is 0 Å². The van der Waals surface area contributed by atoms with Crippen LogP contribution < -0.4 is 21.9 Å². The number of anilines is 1. The van der Waals surface area contributed by atoms with E-state index in [1.54, 1.807) is 0 Å². The van der Waals surface area contributed by atoms with Crippen molar-refractivity contribution in [3.63, 3.8) is 0 Å². The molecule has 0 aliphatic carbocycles. The number of nitrogens with one attached hydrogen (secondary N) is 3.